The van der Waals surface area contributed by atoms with Crippen LogP contribution >= 0.6 is 23.7 Å². The van der Waals surface area contributed by atoms with Crippen LogP contribution < -0.4 is 5.73 Å². The van der Waals surface area contributed by atoms with Gasteiger partial charge in [0.2, 0.25) is 0 Å². The summed E-state index contributed by atoms with van der Waals surface area (Å²) in [5.41, 5.74) is 8.51. The van der Waals surface area contributed by atoms with Gasteiger partial charge in [0.15, 0.2) is 0 Å². The summed E-state index contributed by atoms with van der Waals surface area (Å²) in [7, 11) is 0. The standard InChI is InChI=1S/C16H19N3OS.ClH/c1-11-4-2-3-5-13(11)15-18-14(10-21-15)16(20)19-7-6-12(8-17)9-19;/h2-5,10,12H,6-9,17H2,1H3;1H. The molecule has 1 aromatic carbocycles. The number of benzene rings is 1. The molecule has 1 saturated heterocycles. The molecule has 1 aliphatic heterocycles. The van der Waals surface area contributed by atoms with Crippen LogP contribution in [0.3, 0.4) is 0 Å². The highest BCUT2D eigenvalue weighted by molar-refractivity contribution is 7.13. The van der Waals surface area contributed by atoms with Gasteiger partial charge in [-0.1, -0.05) is 24.3 Å². The maximum absolute atomic E-state index is 12.5. The van der Waals surface area contributed by atoms with Gasteiger partial charge in [0.05, 0.1) is 0 Å². The van der Waals surface area contributed by atoms with Crippen molar-refractivity contribution in [1.29, 1.82) is 0 Å². The van der Waals surface area contributed by atoms with Gasteiger partial charge in [-0.25, -0.2) is 4.98 Å². The number of aromatic nitrogens is 1. The summed E-state index contributed by atoms with van der Waals surface area (Å²) in [5.74, 6) is 0.463. The Bertz CT molecular complexity index is 658. The number of aryl methyl sites for hydroxylation is 1. The molecule has 2 N–H and O–H groups in total. The second-order valence-electron chi connectivity index (χ2n) is 5.49. The van der Waals surface area contributed by atoms with E-state index >= 15 is 0 Å². The van der Waals surface area contributed by atoms with Crippen LogP contribution in [0.25, 0.3) is 10.6 Å². The summed E-state index contributed by atoms with van der Waals surface area (Å²) >= 11 is 1.53. The maximum atomic E-state index is 12.5. The first kappa shape index (κ1) is 16.9. The highest BCUT2D eigenvalue weighted by Gasteiger charge is 2.27. The molecule has 2 aromatic rings. The fraction of sp³-hybridized carbons (Fsp3) is 0.375. The van der Waals surface area contributed by atoms with Crippen LogP contribution in [0.4, 0.5) is 0 Å². The molecule has 0 spiro atoms. The zero-order valence-electron chi connectivity index (χ0n) is 12.5. The van der Waals surface area contributed by atoms with E-state index in [9.17, 15) is 4.79 Å². The maximum Gasteiger partial charge on any atom is 0.273 e. The smallest absolute Gasteiger partial charge is 0.273 e. The van der Waals surface area contributed by atoms with Gasteiger partial charge in [-0.05, 0) is 31.4 Å². The van der Waals surface area contributed by atoms with Gasteiger partial charge >= 0.3 is 0 Å². The van der Waals surface area contributed by atoms with E-state index in [1.54, 1.807) is 0 Å². The molecule has 2 heterocycles. The molecular formula is C16H20ClN3OS. The molecule has 0 radical (unpaired) electrons. The number of carbonyl (C=O) groups excluding carboxylic acids is 1. The second kappa shape index (κ2) is 7.22. The van der Waals surface area contributed by atoms with Crippen molar-refractivity contribution >= 4 is 29.7 Å². The van der Waals surface area contributed by atoms with Crippen LogP contribution in [0.1, 0.15) is 22.5 Å². The Hall–Kier alpha value is -1.43. The molecule has 1 fully saturated rings. The predicted molar refractivity (Wildman–Crippen MR) is 92.6 cm³/mol. The van der Waals surface area contributed by atoms with Gasteiger partial charge in [-0.2, -0.15) is 0 Å². The third-order valence-corrected chi connectivity index (χ3v) is 4.88. The van der Waals surface area contributed by atoms with Crippen molar-refractivity contribution in [2.45, 2.75) is 13.3 Å². The summed E-state index contributed by atoms with van der Waals surface area (Å²) in [6.07, 6.45) is 0.997. The number of thiazole rings is 1. The summed E-state index contributed by atoms with van der Waals surface area (Å²) in [4.78, 5) is 18.9. The van der Waals surface area contributed by atoms with Gasteiger partial charge in [0.1, 0.15) is 10.7 Å². The Morgan fingerprint density at radius 2 is 2.23 bits per heavy atom. The monoisotopic (exact) mass is 337 g/mol. The molecular weight excluding hydrogens is 318 g/mol. The Balaban J connectivity index is 0.00000176. The Labute approximate surface area is 140 Å². The van der Waals surface area contributed by atoms with Crippen molar-refractivity contribution in [2.75, 3.05) is 19.6 Å². The Kier molecular flexibility index (Phi) is 5.56. The van der Waals surface area contributed by atoms with Crippen molar-refractivity contribution in [3.8, 4) is 10.6 Å². The molecule has 22 heavy (non-hydrogen) atoms. The minimum absolute atomic E-state index is 0. The number of hydrogen-bond acceptors (Lipinski definition) is 4. The van der Waals surface area contributed by atoms with Crippen molar-refractivity contribution in [3.05, 3.63) is 40.9 Å². The first-order chi connectivity index (χ1) is 10.2. The minimum Gasteiger partial charge on any atom is -0.337 e. The van der Waals surface area contributed by atoms with E-state index in [4.69, 9.17) is 5.73 Å². The fourth-order valence-electron chi connectivity index (χ4n) is 2.68. The lowest BCUT2D eigenvalue weighted by atomic mass is 10.1. The van der Waals surface area contributed by atoms with Crippen LogP contribution in [0.5, 0.6) is 0 Å². The van der Waals surface area contributed by atoms with Crippen LogP contribution in [0.2, 0.25) is 0 Å². The predicted octanol–water partition coefficient (Wildman–Crippen LogP) is 2.96. The van der Waals surface area contributed by atoms with Crippen molar-refractivity contribution < 1.29 is 4.79 Å². The summed E-state index contributed by atoms with van der Waals surface area (Å²) in [6.45, 7) is 4.25. The van der Waals surface area contributed by atoms with Crippen molar-refractivity contribution in [3.63, 3.8) is 0 Å². The van der Waals surface area contributed by atoms with Gasteiger partial charge < -0.3 is 10.6 Å². The summed E-state index contributed by atoms with van der Waals surface area (Å²) < 4.78 is 0. The van der Waals surface area contributed by atoms with E-state index in [1.165, 1.54) is 16.9 Å². The number of amides is 1. The lowest BCUT2D eigenvalue weighted by Crippen LogP contribution is -2.30. The zero-order valence-corrected chi connectivity index (χ0v) is 14.1. The molecule has 1 amide bonds. The van der Waals surface area contributed by atoms with Crippen LogP contribution in [-0.4, -0.2) is 35.4 Å². The van der Waals surface area contributed by atoms with Gasteiger partial charge in [0, 0.05) is 24.0 Å². The first-order valence-electron chi connectivity index (χ1n) is 7.20. The van der Waals surface area contributed by atoms with Crippen molar-refractivity contribution in [2.24, 2.45) is 11.7 Å². The quantitative estimate of drug-likeness (QED) is 0.936. The molecule has 3 rings (SSSR count). The molecule has 1 unspecified atom stereocenters. The molecule has 4 nitrogen and oxygen atoms in total. The molecule has 1 atom stereocenters. The topological polar surface area (TPSA) is 59.2 Å². The van der Waals surface area contributed by atoms with Crippen LogP contribution in [0, 0.1) is 12.8 Å². The van der Waals surface area contributed by atoms with Crippen LogP contribution in [-0.2, 0) is 0 Å². The lowest BCUT2D eigenvalue weighted by Gasteiger charge is -2.14. The van der Waals surface area contributed by atoms with E-state index in [1.807, 2.05) is 28.5 Å². The number of nitrogens with two attached hydrogens (primary N) is 1. The molecule has 1 aliphatic rings. The SMILES string of the molecule is Cc1ccccc1-c1nc(C(=O)N2CCC(CN)C2)cs1.Cl. The molecule has 0 saturated carbocycles. The fourth-order valence-corrected chi connectivity index (χ4v) is 3.56. The average Bonchev–Trinajstić information content (AvgIpc) is 3.16. The summed E-state index contributed by atoms with van der Waals surface area (Å²) in [5, 5.41) is 2.77. The highest BCUT2D eigenvalue weighted by Crippen LogP contribution is 2.27. The van der Waals surface area contributed by atoms with E-state index in [2.05, 4.69) is 18.0 Å². The Morgan fingerprint density at radius 1 is 1.45 bits per heavy atom. The molecule has 6 heteroatoms. The number of nitrogens with zero attached hydrogens (tertiary/aromatic N) is 2. The second-order valence-corrected chi connectivity index (χ2v) is 6.35. The van der Waals surface area contributed by atoms with Crippen molar-refractivity contribution in [1.82, 2.24) is 9.88 Å². The molecule has 118 valence electrons. The minimum atomic E-state index is 0. The molecule has 1 aromatic heterocycles. The van der Waals surface area contributed by atoms with Crippen LogP contribution in [0.15, 0.2) is 29.6 Å². The van der Waals surface area contributed by atoms with E-state index in [-0.39, 0.29) is 18.3 Å². The normalized spacial score (nSPS) is 17.4. The number of halogens is 1. The average molecular weight is 338 g/mol. The zero-order chi connectivity index (χ0) is 14.8. The van der Waals surface area contributed by atoms with E-state index in [0.717, 1.165) is 30.1 Å². The van der Waals surface area contributed by atoms with E-state index < -0.39 is 0 Å². The van der Waals surface area contributed by atoms with Gasteiger partial charge in [-0.15, -0.1) is 23.7 Å². The highest BCUT2D eigenvalue weighted by atomic mass is 35.5. The molecule has 0 aliphatic carbocycles. The largest absolute Gasteiger partial charge is 0.337 e. The lowest BCUT2D eigenvalue weighted by molar-refractivity contribution is 0.0783. The third kappa shape index (κ3) is 3.32. The number of rotatable bonds is 3. The Morgan fingerprint density at radius 3 is 2.91 bits per heavy atom. The number of carbonyl (C=O) groups is 1. The van der Waals surface area contributed by atoms with E-state index in [0.29, 0.717) is 18.2 Å². The van der Waals surface area contributed by atoms with Gasteiger partial charge in [-0.3, -0.25) is 4.79 Å². The first-order valence-corrected chi connectivity index (χ1v) is 8.08. The third-order valence-electron chi connectivity index (χ3n) is 4.01. The van der Waals surface area contributed by atoms with Gasteiger partial charge in [0.25, 0.3) is 5.91 Å². The molecule has 0 bridgehead atoms. The number of likely N-dealkylation sites (tertiary alicyclic amines) is 1. The number of hydrogen-bond donors (Lipinski definition) is 1. The summed E-state index contributed by atoms with van der Waals surface area (Å²) in [6, 6.07) is 8.11.